The van der Waals surface area contributed by atoms with E-state index >= 15 is 0 Å². The van der Waals surface area contributed by atoms with Crippen molar-refractivity contribution in [1.82, 2.24) is 10.3 Å². The quantitative estimate of drug-likeness (QED) is 0.817. The maximum absolute atomic E-state index is 4.36. The Kier molecular flexibility index (Phi) is 4.93. The predicted molar refractivity (Wildman–Crippen MR) is 73.7 cm³/mol. The minimum absolute atomic E-state index is 0.711. The molecule has 2 heterocycles. The molecule has 0 unspecified atom stereocenters. The average Bonchev–Trinajstić information content (AvgIpc) is 2.84. The molecule has 1 fully saturated rings. The van der Waals surface area contributed by atoms with Gasteiger partial charge in [0.05, 0.1) is 0 Å². The molecule has 90 valence electrons. The molecule has 1 saturated heterocycles. The molecule has 1 aromatic heterocycles. The molecule has 1 aliphatic rings. The minimum Gasteiger partial charge on any atom is -0.348 e. The van der Waals surface area contributed by atoms with Crippen molar-refractivity contribution in [2.75, 3.05) is 36.5 Å². The molecule has 0 amide bonds. The molecule has 1 N–H and O–H groups in total. The lowest BCUT2D eigenvalue weighted by Gasteiger charge is -2.32. The van der Waals surface area contributed by atoms with E-state index < -0.39 is 0 Å². The topological polar surface area (TPSA) is 28.2 Å². The van der Waals surface area contributed by atoms with Gasteiger partial charge in [-0.1, -0.05) is 0 Å². The van der Waals surface area contributed by atoms with Crippen LogP contribution in [0, 0.1) is 0 Å². The first-order valence-corrected chi connectivity index (χ1v) is 8.04. The van der Waals surface area contributed by atoms with Gasteiger partial charge in [-0.3, -0.25) is 0 Å². The van der Waals surface area contributed by atoms with Gasteiger partial charge in [-0.25, -0.2) is 4.98 Å². The van der Waals surface area contributed by atoms with Crippen molar-refractivity contribution in [2.24, 2.45) is 0 Å². The average molecular weight is 257 g/mol. The molecule has 0 atom stereocenters. The molecule has 5 heteroatoms. The number of thiazole rings is 1. The van der Waals surface area contributed by atoms with E-state index in [1.54, 1.807) is 11.3 Å². The zero-order valence-electron chi connectivity index (χ0n) is 9.69. The smallest absolute Gasteiger partial charge is 0.185 e. The van der Waals surface area contributed by atoms with Gasteiger partial charge in [-0.15, -0.1) is 11.3 Å². The third-order valence-corrected chi connectivity index (χ3v) is 4.37. The van der Waals surface area contributed by atoms with E-state index in [0.717, 1.165) is 19.6 Å². The molecule has 1 aliphatic heterocycles. The van der Waals surface area contributed by atoms with Gasteiger partial charge >= 0.3 is 0 Å². The van der Waals surface area contributed by atoms with Gasteiger partial charge in [0.1, 0.15) is 0 Å². The normalized spacial score (nSPS) is 17.9. The number of rotatable bonds is 5. The summed E-state index contributed by atoms with van der Waals surface area (Å²) in [6.45, 7) is 3.43. The Balaban J connectivity index is 1.70. The Morgan fingerprint density at radius 3 is 3.00 bits per heavy atom. The Morgan fingerprint density at radius 1 is 1.56 bits per heavy atom. The van der Waals surface area contributed by atoms with Gasteiger partial charge in [0.2, 0.25) is 0 Å². The lowest BCUT2D eigenvalue weighted by atomic mass is 10.1. The number of nitrogens with zero attached hydrogens (tertiary/aromatic N) is 2. The second-order valence-corrected chi connectivity index (χ2v) is 5.88. The van der Waals surface area contributed by atoms with Crippen molar-refractivity contribution < 1.29 is 0 Å². The lowest BCUT2D eigenvalue weighted by molar-refractivity contribution is 0.425. The van der Waals surface area contributed by atoms with Crippen molar-refractivity contribution in [3.05, 3.63) is 11.6 Å². The van der Waals surface area contributed by atoms with E-state index in [9.17, 15) is 0 Å². The van der Waals surface area contributed by atoms with Crippen LogP contribution in [-0.4, -0.2) is 42.7 Å². The first-order valence-electron chi connectivity index (χ1n) is 5.77. The first-order chi connectivity index (χ1) is 7.90. The summed E-state index contributed by atoms with van der Waals surface area (Å²) in [5.41, 5.74) is 0. The zero-order chi connectivity index (χ0) is 11.2. The SMILES string of the molecule is CSCCNC1CCN(c2nccs2)CC1. The summed E-state index contributed by atoms with van der Waals surface area (Å²) in [6.07, 6.45) is 6.54. The Bertz CT molecular complexity index is 281. The van der Waals surface area contributed by atoms with Crippen LogP contribution in [0.2, 0.25) is 0 Å². The maximum Gasteiger partial charge on any atom is 0.185 e. The minimum atomic E-state index is 0.711. The summed E-state index contributed by atoms with van der Waals surface area (Å²) in [5.74, 6) is 1.21. The molecule has 0 saturated carbocycles. The van der Waals surface area contributed by atoms with E-state index in [2.05, 4.69) is 26.8 Å². The van der Waals surface area contributed by atoms with Crippen LogP contribution in [0.15, 0.2) is 11.6 Å². The Morgan fingerprint density at radius 2 is 2.38 bits per heavy atom. The largest absolute Gasteiger partial charge is 0.348 e. The van der Waals surface area contributed by atoms with Gasteiger partial charge < -0.3 is 10.2 Å². The van der Waals surface area contributed by atoms with E-state index in [4.69, 9.17) is 0 Å². The Hall–Kier alpha value is -0.260. The van der Waals surface area contributed by atoms with Gasteiger partial charge in [0.15, 0.2) is 5.13 Å². The molecule has 0 aromatic carbocycles. The highest BCUT2D eigenvalue weighted by molar-refractivity contribution is 7.98. The van der Waals surface area contributed by atoms with E-state index in [1.165, 1.54) is 23.7 Å². The molecule has 0 aliphatic carbocycles. The number of hydrogen-bond acceptors (Lipinski definition) is 5. The summed E-state index contributed by atoms with van der Waals surface area (Å²) >= 11 is 3.65. The number of piperidine rings is 1. The third-order valence-electron chi connectivity index (χ3n) is 2.92. The van der Waals surface area contributed by atoms with Gasteiger partial charge in [-0.05, 0) is 19.1 Å². The van der Waals surface area contributed by atoms with E-state index in [0.29, 0.717) is 6.04 Å². The number of hydrogen-bond donors (Lipinski definition) is 1. The van der Waals surface area contributed by atoms with E-state index in [1.807, 2.05) is 18.0 Å². The number of aromatic nitrogens is 1. The number of thioether (sulfide) groups is 1. The van der Waals surface area contributed by atoms with Crippen molar-refractivity contribution in [3.63, 3.8) is 0 Å². The highest BCUT2D eigenvalue weighted by atomic mass is 32.2. The highest BCUT2D eigenvalue weighted by Gasteiger charge is 2.19. The molecule has 3 nitrogen and oxygen atoms in total. The van der Waals surface area contributed by atoms with Crippen LogP contribution >= 0.6 is 23.1 Å². The molecule has 0 spiro atoms. The molecule has 1 aromatic rings. The van der Waals surface area contributed by atoms with Crippen molar-refractivity contribution in [2.45, 2.75) is 18.9 Å². The first kappa shape index (κ1) is 12.2. The summed E-state index contributed by atoms with van der Waals surface area (Å²) in [4.78, 5) is 6.76. The summed E-state index contributed by atoms with van der Waals surface area (Å²) < 4.78 is 0. The van der Waals surface area contributed by atoms with Crippen LogP contribution in [-0.2, 0) is 0 Å². The lowest BCUT2D eigenvalue weighted by Crippen LogP contribution is -2.43. The van der Waals surface area contributed by atoms with Crippen LogP contribution in [0.25, 0.3) is 0 Å². The summed E-state index contributed by atoms with van der Waals surface area (Å²) in [6, 6.07) is 0.711. The number of nitrogens with one attached hydrogen (secondary N) is 1. The van der Waals surface area contributed by atoms with Crippen LogP contribution in [0.4, 0.5) is 5.13 Å². The fraction of sp³-hybridized carbons (Fsp3) is 0.727. The molecule has 0 radical (unpaired) electrons. The molecule has 16 heavy (non-hydrogen) atoms. The molecule has 0 bridgehead atoms. The number of anilines is 1. The van der Waals surface area contributed by atoms with Gasteiger partial charge in [0.25, 0.3) is 0 Å². The van der Waals surface area contributed by atoms with Crippen molar-refractivity contribution in [1.29, 1.82) is 0 Å². The van der Waals surface area contributed by atoms with Crippen LogP contribution < -0.4 is 10.2 Å². The molecular formula is C11H19N3S2. The third kappa shape index (κ3) is 3.37. The zero-order valence-corrected chi connectivity index (χ0v) is 11.3. The van der Waals surface area contributed by atoms with Gasteiger partial charge in [0, 0.05) is 43.0 Å². The van der Waals surface area contributed by atoms with Gasteiger partial charge in [-0.2, -0.15) is 11.8 Å². The van der Waals surface area contributed by atoms with Crippen molar-refractivity contribution in [3.8, 4) is 0 Å². The fourth-order valence-corrected chi connectivity index (χ4v) is 3.03. The second kappa shape index (κ2) is 6.47. The maximum atomic E-state index is 4.36. The second-order valence-electron chi connectivity index (χ2n) is 4.02. The predicted octanol–water partition coefficient (Wildman–Crippen LogP) is 2.06. The Labute approximate surface area is 106 Å². The van der Waals surface area contributed by atoms with Crippen LogP contribution in [0.3, 0.4) is 0 Å². The van der Waals surface area contributed by atoms with Crippen molar-refractivity contribution >= 4 is 28.2 Å². The van der Waals surface area contributed by atoms with Crippen LogP contribution in [0.1, 0.15) is 12.8 Å². The van der Waals surface area contributed by atoms with E-state index in [-0.39, 0.29) is 0 Å². The molecule has 2 rings (SSSR count). The highest BCUT2D eigenvalue weighted by Crippen LogP contribution is 2.21. The molecular weight excluding hydrogens is 238 g/mol. The summed E-state index contributed by atoms with van der Waals surface area (Å²) in [5, 5.41) is 6.86. The standard InChI is InChI=1S/C11H19N3S2/c1-15-8-4-12-10-2-6-14(7-3-10)11-13-5-9-16-11/h5,9-10,12H,2-4,6-8H2,1H3. The summed E-state index contributed by atoms with van der Waals surface area (Å²) in [7, 11) is 0. The monoisotopic (exact) mass is 257 g/mol. The fourth-order valence-electron chi connectivity index (χ4n) is 2.01. The van der Waals surface area contributed by atoms with Crippen LogP contribution in [0.5, 0.6) is 0 Å².